The van der Waals surface area contributed by atoms with Gasteiger partial charge in [-0.25, -0.2) is 9.67 Å². The zero-order valence-electron chi connectivity index (χ0n) is 15.7. The van der Waals surface area contributed by atoms with Crippen molar-refractivity contribution in [1.29, 1.82) is 0 Å². The molecule has 3 aromatic heterocycles. The second kappa shape index (κ2) is 6.46. The summed E-state index contributed by atoms with van der Waals surface area (Å²) in [6, 6.07) is 20.5. The lowest BCUT2D eigenvalue weighted by molar-refractivity contribution is 0.805. The first-order valence-corrected chi connectivity index (χ1v) is 9.22. The van der Waals surface area contributed by atoms with Crippen LogP contribution in [0.2, 0.25) is 0 Å². The molecule has 0 N–H and O–H groups in total. The Morgan fingerprint density at radius 1 is 0.714 bits per heavy atom. The predicted molar refractivity (Wildman–Crippen MR) is 110 cm³/mol. The maximum absolute atomic E-state index is 4.79. The maximum atomic E-state index is 4.79. The third-order valence-electron chi connectivity index (χ3n) is 4.87. The van der Waals surface area contributed by atoms with E-state index in [2.05, 4.69) is 77.4 Å². The number of imidazole rings is 1. The summed E-state index contributed by atoms with van der Waals surface area (Å²) in [4.78, 5) is 4.79. The molecule has 0 aliphatic carbocycles. The summed E-state index contributed by atoms with van der Waals surface area (Å²) in [5, 5.41) is 8.74. The average Bonchev–Trinajstić information content (AvgIpc) is 3.35. The smallest absolute Gasteiger partial charge is 0.137 e. The van der Waals surface area contributed by atoms with Gasteiger partial charge in [0.05, 0.1) is 17.6 Å². The molecule has 0 amide bonds. The molecular weight excluding hydrogens is 346 g/mol. The molecule has 136 valence electrons. The molecule has 0 aliphatic heterocycles. The largest absolute Gasteiger partial charge is 0.306 e. The minimum absolute atomic E-state index is 0.848. The van der Waals surface area contributed by atoms with Gasteiger partial charge in [-0.05, 0) is 31.5 Å². The average molecular weight is 365 g/mol. The Morgan fingerprint density at radius 3 is 2.36 bits per heavy atom. The quantitative estimate of drug-likeness (QED) is 0.458. The van der Waals surface area contributed by atoms with Crippen LogP contribution in [0, 0.1) is 13.8 Å². The van der Waals surface area contributed by atoms with Gasteiger partial charge in [0.25, 0.3) is 0 Å². The molecular formula is C23H19N5. The topological polar surface area (TPSA) is 48.0 Å². The lowest BCUT2D eigenvalue weighted by Crippen LogP contribution is -1.97. The van der Waals surface area contributed by atoms with Crippen LogP contribution in [0.1, 0.15) is 11.1 Å². The van der Waals surface area contributed by atoms with Crippen molar-refractivity contribution in [3.63, 3.8) is 0 Å². The van der Waals surface area contributed by atoms with Crippen molar-refractivity contribution in [2.24, 2.45) is 0 Å². The highest BCUT2D eigenvalue weighted by atomic mass is 15.4. The summed E-state index contributed by atoms with van der Waals surface area (Å²) in [7, 11) is 0. The Kier molecular flexibility index (Phi) is 3.79. The van der Waals surface area contributed by atoms with Gasteiger partial charge in [-0.15, -0.1) is 5.10 Å². The van der Waals surface area contributed by atoms with Crippen LogP contribution in [-0.4, -0.2) is 24.4 Å². The van der Waals surface area contributed by atoms with Gasteiger partial charge in [0.2, 0.25) is 0 Å². The van der Waals surface area contributed by atoms with Gasteiger partial charge < -0.3 is 4.40 Å². The molecule has 2 aromatic carbocycles. The monoisotopic (exact) mass is 365 g/mol. The zero-order chi connectivity index (χ0) is 19.1. The standard InChI is InChI=1S/C23H19N5/c1-16-7-10-18(11-8-16)20-15-28(26-25-20)22-6-4-3-5-19(22)21-14-27-13-17(2)9-12-23(27)24-21/h3-15H,1-2H3. The van der Waals surface area contributed by atoms with Gasteiger partial charge in [-0.3, -0.25) is 0 Å². The van der Waals surface area contributed by atoms with E-state index in [1.165, 1.54) is 11.1 Å². The number of hydrogen-bond acceptors (Lipinski definition) is 3. The first kappa shape index (κ1) is 16.4. The summed E-state index contributed by atoms with van der Waals surface area (Å²) in [5.74, 6) is 0. The Hall–Kier alpha value is -3.73. The van der Waals surface area contributed by atoms with E-state index >= 15 is 0 Å². The van der Waals surface area contributed by atoms with E-state index in [4.69, 9.17) is 4.98 Å². The molecule has 5 nitrogen and oxygen atoms in total. The van der Waals surface area contributed by atoms with E-state index in [0.29, 0.717) is 0 Å². The molecule has 0 spiro atoms. The number of benzene rings is 2. The number of rotatable bonds is 3. The molecule has 0 unspecified atom stereocenters. The number of para-hydroxylation sites is 1. The second-order valence-electron chi connectivity index (χ2n) is 7.03. The van der Waals surface area contributed by atoms with Crippen LogP contribution in [0.25, 0.3) is 33.8 Å². The molecule has 5 rings (SSSR count). The van der Waals surface area contributed by atoms with Crippen LogP contribution in [0.5, 0.6) is 0 Å². The summed E-state index contributed by atoms with van der Waals surface area (Å²) in [6.45, 7) is 4.16. The number of hydrogen-bond donors (Lipinski definition) is 0. The number of aromatic nitrogens is 5. The van der Waals surface area contributed by atoms with E-state index in [0.717, 1.165) is 33.8 Å². The number of aryl methyl sites for hydroxylation is 2. The summed E-state index contributed by atoms with van der Waals surface area (Å²) in [6.07, 6.45) is 6.10. The molecule has 0 saturated carbocycles. The minimum Gasteiger partial charge on any atom is -0.306 e. The lowest BCUT2D eigenvalue weighted by Gasteiger charge is -2.06. The van der Waals surface area contributed by atoms with Crippen LogP contribution in [0.4, 0.5) is 0 Å². The van der Waals surface area contributed by atoms with E-state index in [9.17, 15) is 0 Å². The van der Waals surface area contributed by atoms with Crippen LogP contribution < -0.4 is 0 Å². The van der Waals surface area contributed by atoms with E-state index in [1.807, 2.05) is 35.1 Å². The van der Waals surface area contributed by atoms with E-state index in [-0.39, 0.29) is 0 Å². The van der Waals surface area contributed by atoms with E-state index in [1.54, 1.807) is 0 Å². The van der Waals surface area contributed by atoms with Crippen LogP contribution in [-0.2, 0) is 0 Å². The molecule has 0 bridgehead atoms. The van der Waals surface area contributed by atoms with Crippen molar-refractivity contribution in [3.8, 4) is 28.2 Å². The molecule has 0 saturated heterocycles. The molecule has 5 heteroatoms. The van der Waals surface area contributed by atoms with Gasteiger partial charge in [-0.1, -0.05) is 59.3 Å². The Bertz CT molecular complexity index is 1280. The third kappa shape index (κ3) is 2.87. The van der Waals surface area contributed by atoms with Crippen molar-refractivity contribution >= 4 is 5.65 Å². The van der Waals surface area contributed by atoms with Gasteiger partial charge >= 0.3 is 0 Å². The van der Waals surface area contributed by atoms with Crippen molar-refractivity contribution in [3.05, 3.63) is 90.4 Å². The normalized spacial score (nSPS) is 11.2. The first-order chi connectivity index (χ1) is 13.7. The fraction of sp³-hybridized carbons (Fsp3) is 0.0870. The summed E-state index contributed by atoms with van der Waals surface area (Å²) in [5.41, 5.74) is 8.13. The minimum atomic E-state index is 0.848. The van der Waals surface area contributed by atoms with Gasteiger partial charge in [0, 0.05) is 23.5 Å². The van der Waals surface area contributed by atoms with Crippen LogP contribution >= 0.6 is 0 Å². The van der Waals surface area contributed by atoms with Gasteiger partial charge in [0.1, 0.15) is 11.3 Å². The predicted octanol–water partition coefficient (Wildman–Crippen LogP) is 4.87. The van der Waals surface area contributed by atoms with Gasteiger partial charge in [0.15, 0.2) is 0 Å². The molecule has 0 atom stereocenters. The molecule has 3 heterocycles. The molecule has 0 aliphatic rings. The van der Waals surface area contributed by atoms with Crippen molar-refractivity contribution in [1.82, 2.24) is 24.4 Å². The highest BCUT2D eigenvalue weighted by Crippen LogP contribution is 2.27. The fourth-order valence-electron chi connectivity index (χ4n) is 3.36. The maximum Gasteiger partial charge on any atom is 0.137 e. The number of fused-ring (bicyclic) bond motifs is 1. The SMILES string of the molecule is Cc1ccc(-c2cn(-c3ccccc3-c3cn4cc(C)ccc4n3)nn2)cc1. The first-order valence-electron chi connectivity index (χ1n) is 9.22. The zero-order valence-corrected chi connectivity index (χ0v) is 15.7. The molecule has 28 heavy (non-hydrogen) atoms. The number of pyridine rings is 1. The Morgan fingerprint density at radius 2 is 1.50 bits per heavy atom. The molecule has 0 radical (unpaired) electrons. The second-order valence-corrected chi connectivity index (χ2v) is 7.03. The highest BCUT2D eigenvalue weighted by Gasteiger charge is 2.13. The molecule has 0 fully saturated rings. The lowest BCUT2D eigenvalue weighted by atomic mass is 10.1. The van der Waals surface area contributed by atoms with Crippen LogP contribution in [0.3, 0.4) is 0 Å². The van der Waals surface area contributed by atoms with Crippen molar-refractivity contribution in [2.45, 2.75) is 13.8 Å². The number of nitrogens with zero attached hydrogens (tertiary/aromatic N) is 5. The van der Waals surface area contributed by atoms with Crippen LogP contribution in [0.15, 0.2) is 79.3 Å². The fourth-order valence-corrected chi connectivity index (χ4v) is 3.36. The van der Waals surface area contributed by atoms with Crippen molar-refractivity contribution < 1.29 is 0 Å². The van der Waals surface area contributed by atoms with E-state index < -0.39 is 0 Å². The summed E-state index contributed by atoms with van der Waals surface area (Å²) < 4.78 is 3.88. The van der Waals surface area contributed by atoms with Crippen molar-refractivity contribution in [2.75, 3.05) is 0 Å². The summed E-state index contributed by atoms with van der Waals surface area (Å²) >= 11 is 0. The highest BCUT2D eigenvalue weighted by molar-refractivity contribution is 5.72. The Balaban J connectivity index is 1.59. The third-order valence-corrected chi connectivity index (χ3v) is 4.87. The van der Waals surface area contributed by atoms with Gasteiger partial charge in [-0.2, -0.15) is 0 Å². The Labute approximate surface area is 162 Å². The molecule has 5 aromatic rings.